The van der Waals surface area contributed by atoms with E-state index in [1.165, 1.54) is 0 Å². The van der Waals surface area contributed by atoms with Crippen molar-refractivity contribution in [3.8, 4) is 34.2 Å². The minimum atomic E-state index is -0.366. The lowest BCUT2D eigenvalue weighted by Gasteiger charge is -2.24. The van der Waals surface area contributed by atoms with Crippen LogP contribution < -0.4 is 4.74 Å². The van der Waals surface area contributed by atoms with Crippen LogP contribution in [-0.4, -0.2) is 21.4 Å². The molecule has 0 saturated heterocycles. The van der Waals surface area contributed by atoms with Crippen LogP contribution in [0.15, 0.2) is 73.3 Å². The summed E-state index contributed by atoms with van der Waals surface area (Å²) >= 11 is 0. The molecule has 0 radical (unpaired) electrons. The molecule has 2 heterocycles. The standard InChI is InChI=1S/C26H18N4O2/c1-2-16-7-12-19(22-14-20-5-3-4-6-24(20)32-26(22)31)13-21(16)17-8-10-18(11-9-17)25-23(15-27)28-30-29-25/h2-13,22H,1,14H2,(H,28,29,30). The summed E-state index contributed by atoms with van der Waals surface area (Å²) in [6.07, 6.45) is 2.40. The molecular formula is C26H18N4O2. The van der Waals surface area contributed by atoms with Gasteiger partial charge in [-0.2, -0.15) is 15.6 Å². The van der Waals surface area contributed by atoms with Crippen molar-refractivity contribution < 1.29 is 9.53 Å². The minimum absolute atomic E-state index is 0.244. The zero-order valence-electron chi connectivity index (χ0n) is 17.1. The lowest BCUT2D eigenvalue weighted by molar-refractivity contribution is -0.137. The Labute approximate surface area is 184 Å². The molecule has 32 heavy (non-hydrogen) atoms. The van der Waals surface area contributed by atoms with Gasteiger partial charge in [-0.1, -0.05) is 67.3 Å². The van der Waals surface area contributed by atoms with Crippen molar-refractivity contribution in [3.05, 3.63) is 95.7 Å². The van der Waals surface area contributed by atoms with Crippen molar-refractivity contribution in [2.24, 2.45) is 0 Å². The van der Waals surface area contributed by atoms with E-state index < -0.39 is 0 Å². The summed E-state index contributed by atoms with van der Waals surface area (Å²) in [5.41, 5.74) is 6.39. The summed E-state index contributed by atoms with van der Waals surface area (Å²) in [6.45, 7) is 3.93. The average molecular weight is 418 g/mol. The van der Waals surface area contributed by atoms with Gasteiger partial charge in [0.25, 0.3) is 0 Å². The quantitative estimate of drug-likeness (QED) is 0.376. The monoisotopic (exact) mass is 418 g/mol. The smallest absolute Gasteiger partial charge is 0.319 e. The number of aromatic nitrogens is 3. The first kappa shape index (κ1) is 19.5. The molecule has 0 bridgehead atoms. The van der Waals surface area contributed by atoms with E-state index in [0.717, 1.165) is 33.4 Å². The van der Waals surface area contributed by atoms with Crippen molar-refractivity contribution in [2.45, 2.75) is 12.3 Å². The maximum absolute atomic E-state index is 12.7. The van der Waals surface area contributed by atoms with Crippen LogP contribution in [0.2, 0.25) is 0 Å². The van der Waals surface area contributed by atoms with Crippen molar-refractivity contribution in [1.29, 1.82) is 5.26 Å². The number of hydrogen-bond donors (Lipinski definition) is 1. The number of ether oxygens (including phenoxy) is 1. The van der Waals surface area contributed by atoms with Crippen LogP contribution in [0.5, 0.6) is 5.75 Å². The number of fused-ring (bicyclic) bond motifs is 1. The van der Waals surface area contributed by atoms with Crippen LogP contribution in [0.3, 0.4) is 0 Å². The van der Waals surface area contributed by atoms with Crippen molar-refractivity contribution >= 4 is 12.0 Å². The van der Waals surface area contributed by atoms with Crippen LogP contribution in [0.25, 0.3) is 28.5 Å². The van der Waals surface area contributed by atoms with Crippen molar-refractivity contribution in [3.63, 3.8) is 0 Å². The van der Waals surface area contributed by atoms with Gasteiger partial charge in [-0.3, -0.25) is 4.79 Å². The predicted octanol–water partition coefficient (Wildman–Crippen LogP) is 4.90. The van der Waals surface area contributed by atoms with E-state index in [1.807, 2.05) is 72.8 Å². The minimum Gasteiger partial charge on any atom is -0.426 e. The fraction of sp³-hybridized carbons (Fsp3) is 0.0769. The number of rotatable bonds is 4. The Balaban J connectivity index is 1.51. The Bertz CT molecular complexity index is 1380. The summed E-state index contributed by atoms with van der Waals surface area (Å²) in [5.74, 6) is 0.0263. The fourth-order valence-electron chi connectivity index (χ4n) is 4.05. The number of aromatic amines is 1. The molecule has 1 N–H and O–H groups in total. The Morgan fingerprint density at radius 1 is 1.06 bits per heavy atom. The third-order valence-corrected chi connectivity index (χ3v) is 5.71. The van der Waals surface area contributed by atoms with Gasteiger partial charge in [-0.25, -0.2) is 0 Å². The van der Waals surface area contributed by atoms with Gasteiger partial charge in [0.15, 0.2) is 5.69 Å². The van der Waals surface area contributed by atoms with Gasteiger partial charge in [-0.05, 0) is 46.4 Å². The van der Waals surface area contributed by atoms with Gasteiger partial charge in [0.1, 0.15) is 17.5 Å². The Kier molecular flexibility index (Phi) is 4.85. The summed E-state index contributed by atoms with van der Waals surface area (Å²) < 4.78 is 5.58. The molecule has 0 saturated carbocycles. The molecule has 1 unspecified atom stereocenters. The van der Waals surface area contributed by atoms with E-state index in [-0.39, 0.29) is 17.6 Å². The molecule has 0 fully saturated rings. The third kappa shape index (κ3) is 3.36. The number of carbonyl (C=O) groups excluding carboxylic acids is 1. The van der Waals surface area contributed by atoms with Crippen LogP contribution in [0, 0.1) is 11.3 Å². The summed E-state index contributed by atoms with van der Waals surface area (Å²) in [7, 11) is 0. The summed E-state index contributed by atoms with van der Waals surface area (Å²) in [4.78, 5) is 12.7. The van der Waals surface area contributed by atoms with Gasteiger partial charge in [0, 0.05) is 5.56 Å². The summed E-state index contributed by atoms with van der Waals surface area (Å²) in [5, 5.41) is 19.6. The van der Waals surface area contributed by atoms with E-state index in [4.69, 9.17) is 4.74 Å². The highest BCUT2D eigenvalue weighted by Gasteiger charge is 2.30. The van der Waals surface area contributed by atoms with Gasteiger partial charge in [0.2, 0.25) is 0 Å². The molecule has 4 aromatic rings. The number of para-hydroxylation sites is 1. The largest absolute Gasteiger partial charge is 0.426 e. The normalized spacial score (nSPS) is 14.8. The average Bonchev–Trinajstić information content (AvgIpc) is 3.32. The van der Waals surface area contributed by atoms with Crippen LogP contribution in [0.1, 0.15) is 28.3 Å². The number of carbonyl (C=O) groups is 1. The van der Waals surface area contributed by atoms with Crippen LogP contribution in [0.4, 0.5) is 0 Å². The second-order valence-electron chi connectivity index (χ2n) is 7.55. The van der Waals surface area contributed by atoms with Gasteiger partial charge in [0.05, 0.1) is 5.92 Å². The molecule has 0 spiro atoms. The molecule has 0 aliphatic carbocycles. The molecule has 3 aromatic carbocycles. The number of nitrogens with zero attached hydrogens (tertiary/aromatic N) is 3. The maximum atomic E-state index is 12.7. The Hall–Kier alpha value is -4.50. The zero-order chi connectivity index (χ0) is 22.1. The van der Waals surface area contributed by atoms with E-state index in [9.17, 15) is 10.1 Å². The maximum Gasteiger partial charge on any atom is 0.319 e. The van der Waals surface area contributed by atoms with Gasteiger partial charge in [-0.15, -0.1) is 5.10 Å². The number of esters is 1. The third-order valence-electron chi connectivity index (χ3n) is 5.71. The highest BCUT2D eigenvalue weighted by Crippen LogP contribution is 2.36. The molecule has 6 heteroatoms. The van der Waals surface area contributed by atoms with Gasteiger partial charge >= 0.3 is 5.97 Å². The molecule has 0 amide bonds. The van der Waals surface area contributed by atoms with E-state index in [0.29, 0.717) is 17.9 Å². The molecule has 5 rings (SSSR count). The lowest BCUT2D eigenvalue weighted by atomic mass is 9.86. The van der Waals surface area contributed by atoms with Crippen LogP contribution >= 0.6 is 0 Å². The lowest BCUT2D eigenvalue weighted by Crippen LogP contribution is -2.25. The Morgan fingerprint density at radius 2 is 1.84 bits per heavy atom. The molecule has 1 aromatic heterocycles. The molecule has 6 nitrogen and oxygen atoms in total. The molecule has 1 aliphatic rings. The first-order chi connectivity index (χ1) is 15.7. The molecule has 1 atom stereocenters. The van der Waals surface area contributed by atoms with Crippen molar-refractivity contribution in [1.82, 2.24) is 15.4 Å². The topological polar surface area (TPSA) is 91.7 Å². The van der Waals surface area contributed by atoms with Crippen LogP contribution in [-0.2, 0) is 11.2 Å². The van der Waals surface area contributed by atoms with Crippen molar-refractivity contribution in [2.75, 3.05) is 0 Å². The highest BCUT2D eigenvalue weighted by atomic mass is 16.5. The van der Waals surface area contributed by atoms with E-state index >= 15 is 0 Å². The molecule has 154 valence electrons. The SMILES string of the molecule is C=Cc1ccc(C2Cc3ccccc3OC2=O)cc1-c1ccc(-c2n[nH]nc2C#N)cc1. The number of nitrogens with one attached hydrogen (secondary N) is 1. The number of H-pyrrole nitrogens is 1. The van der Waals surface area contributed by atoms with Gasteiger partial charge < -0.3 is 4.74 Å². The zero-order valence-corrected chi connectivity index (χ0v) is 17.1. The number of nitriles is 1. The first-order valence-electron chi connectivity index (χ1n) is 10.2. The summed E-state index contributed by atoms with van der Waals surface area (Å²) in [6, 6.07) is 23.4. The Morgan fingerprint density at radius 3 is 2.62 bits per heavy atom. The number of benzene rings is 3. The predicted molar refractivity (Wildman–Crippen MR) is 121 cm³/mol. The second kappa shape index (κ2) is 7.97. The second-order valence-corrected chi connectivity index (χ2v) is 7.55. The van der Waals surface area contributed by atoms with E-state index in [2.05, 4.69) is 22.0 Å². The number of hydrogen-bond acceptors (Lipinski definition) is 5. The molecule has 1 aliphatic heterocycles. The molecular weight excluding hydrogens is 400 g/mol. The fourth-order valence-corrected chi connectivity index (χ4v) is 4.05. The first-order valence-corrected chi connectivity index (χ1v) is 10.2. The highest BCUT2D eigenvalue weighted by molar-refractivity contribution is 5.85. The van der Waals surface area contributed by atoms with E-state index in [1.54, 1.807) is 6.08 Å².